The molecule has 3 saturated heterocycles. The lowest BCUT2D eigenvalue weighted by Crippen LogP contribution is -2.63. The summed E-state index contributed by atoms with van der Waals surface area (Å²) in [5, 5.41) is 6.88. The normalized spacial score (nSPS) is 25.0. The van der Waals surface area contributed by atoms with E-state index in [2.05, 4.69) is 31.5 Å². The van der Waals surface area contributed by atoms with Crippen LogP contribution < -0.4 is 20.1 Å². The third-order valence-electron chi connectivity index (χ3n) is 5.28. The predicted molar refractivity (Wildman–Crippen MR) is 104 cm³/mol. The van der Waals surface area contributed by atoms with E-state index in [0.29, 0.717) is 6.04 Å². The number of hydrogen-bond acceptors (Lipinski definition) is 5. The fourth-order valence-corrected chi connectivity index (χ4v) is 3.71. The quantitative estimate of drug-likeness (QED) is 0.542. The highest BCUT2D eigenvalue weighted by Crippen LogP contribution is 2.27. The Morgan fingerprint density at radius 3 is 2.50 bits per heavy atom. The van der Waals surface area contributed by atoms with E-state index >= 15 is 0 Å². The van der Waals surface area contributed by atoms with Gasteiger partial charge < -0.3 is 20.1 Å². The molecule has 3 aliphatic rings. The van der Waals surface area contributed by atoms with Crippen molar-refractivity contribution in [3.63, 3.8) is 0 Å². The average Bonchev–Trinajstić information content (AvgIpc) is 2.71. The fourth-order valence-electron chi connectivity index (χ4n) is 3.71. The van der Waals surface area contributed by atoms with E-state index in [-0.39, 0.29) is 0 Å². The molecule has 1 atom stereocenters. The van der Waals surface area contributed by atoms with Gasteiger partial charge in [-0.05, 0) is 24.1 Å². The second kappa shape index (κ2) is 9.09. The van der Waals surface area contributed by atoms with Gasteiger partial charge in [0, 0.05) is 58.9 Å². The van der Waals surface area contributed by atoms with Gasteiger partial charge in [-0.3, -0.25) is 14.8 Å². The van der Waals surface area contributed by atoms with Crippen LogP contribution in [0.25, 0.3) is 0 Å². The molecule has 0 spiro atoms. The van der Waals surface area contributed by atoms with Crippen molar-refractivity contribution in [2.24, 2.45) is 4.99 Å². The Morgan fingerprint density at radius 2 is 1.88 bits per heavy atom. The predicted octanol–water partition coefficient (Wildman–Crippen LogP) is 0.411. The standard InChI is InChI=1S/C19H31N5O2/c1-20-19(22-13-16-14-23-8-10-24(16)11-9-23)21-7-6-15-4-5-17(25-2)18(12-15)26-3/h4-5,12,16H,6-11,13-14H2,1-3H3,(H2,20,21,22). The van der Waals surface area contributed by atoms with Gasteiger partial charge in [0.1, 0.15) is 0 Å². The summed E-state index contributed by atoms with van der Waals surface area (Å²) in [6, 6.07) is 6.63. The number of piperazine rings is 3. The van der Waals surface area contributed by atoms with Crippen LogP contribution in [0.2, 0.25) is 0 Å². The maximum Gasteiger partial charge on any atom is 0.191 e. The van der Waals surface area contributed by atoms with E-state index in [1.54, 1.807) is 14.2 Å². The van der Waals surface area contributed by atoms with Gasteiger partial charge in [0.25, 0.3) is 0 Å². The highest BCUT2D eigenvalue weighted by Gasteiger charge is 2.31. The Kier molecular flexibility index (Phi) is 6.57. The highest BCUT2D eigenvalue weighted by atomic mass is 16.5. The SMILES string of the molecule is CN=C(NCCc1ccc(OC)c(OC)c1)NCC1CN2CCN1CC2. The van der Waals surface area contributed by atoms with E-state index in [0.717, 1.165) is 43.5 Å². The van der Waals surface area contributed by atoms with Crippen molar-refractivity contribution in [2.75, 3.05) is 67.1 Å². The second-order valence-electron chi connectivity index (χ2n) is 6.81. The van der Waals surface area contributed by atoms with Gasteiger partial charge >= 0.3 is 0 Å². The minimum atomic E-state index is 0.585. The molecule has 3 aliphatic heterocycles. The monoisotopic (exact) mass is 361 g/mol. The van der Waals surface area contributed by atoms with Crippen molar-refractivity contribution in [1.29, 1.82) is 0 Å². The smallest absolute Gasteiger partial charge is 0.191 e. The van der Waals surface area contributed by atoms with Crippen LogP contribution in [-0.4, -0.2) is 88.9 Å². The van der Waals surface area contributed by atoms with Crippen LogP contribution in [-0.2, 0) is 6.42 Å². The number of guanidine groups is 1. The van der Waals surface area contributed by atoms with Gasteiger partial charge in [0.05, 0.1) is 14.2 Å². The summed E-state index contributed by atoms with van der Waals surface area (Å²) < 4.78 is 10.7. The lowest BCUT2D eigenvalue weighted by molar-refractivity contribution is 0.0154. The zero-order valence-corrected chi connectivity index (χ0v) is 16.1. The van der Waals surface area contributed by atoms with Crippen molar-refractivity contribution < 1.29 is 9.47 Å². The number of methoxy groups -OCH3 is 2. The molecule has 2 bridgehead atoms. The van der Waals surface area contributed by atoms with Gasteiger partial charge in [0.15, 0.2) is 17.5 Å². The zero-order valence-electron chi connectivity index (χ0n) is 16.1. The van der Waals surface area contributed by atoms with Gasteiger partial charge in [0.2, 0.25) is 0 Å². The number of aliphatic imine (C=N–C) groups is 1. The van der Waals surface area contributed by atoms with Crippen molar-refractivity contribution >= 4 is 5.96 Å². The van der Waals surface area contributed by atoms with Crippen molar-refractivity contribution in [2.45, 2.75) is 12.5 Å². The van der Waals surface area contributed by atoms with Crippen molar-refractivity contribution in [1.82, 2.24) is 20.4 Å². The Bertz CT molecular complexity index is 614. The molecule has 3 heterocycles. The molecule has 3 fully saturated rings. The first kappa shape index (κ1) is 18.8. The number of benzene rings is 1. The number of ether oxygens (including phenoxy) is 2. The summed E-state index contributed by atoms with van der Waals surface area (Å²) in [5.41, 5.74) is 1.20. The maximum absolute atomic E-state index is 5.37. The number of nitrogens with zero attached hydrogens (tertiary/aromatic N) is 3. The first-order valence-electron chi connectivity index (χ1n) is 9.35. The van der Waals surface area contributed by atoms with Gasteiger partial charge in [-0.25, -0.2) is 0 Å². The summed E-state index contributed by atoms with van der Waals surface area (Å²) in [6.07, 6.45) is 0.893. The number of rotatable bonds is 7. The molecule has 2 N–H and O–H groups in total. The topological polar surface area (TPSA) is 61.4 Å². The molecular weight excluding hydrogens is 330 g/mol. The van der Waals surface area contributed by atoms with Crippen LogP contribution in [0.1, 0.15) is 5.56 Å². The molecule has 0 radical (unpaired) electrons. The third kappa shape index (κ3) is 4.59. The van der Waals surface area contributed by atoms with Crippen LogP contribution in [0, 0.1) is 0 Å². The van der Waals surface area contributed by atoms with Crippen LogP contribution in [0.3, 0.4) is 0 Å². The first-order valence-corrected chi connectivity index (χ1v) is 9.35. The Labute approximate surface area is 156 Å². The summed E-state index contributed by atoms with van der Waals surface area (Å²) in [6.45, 7) is 7.73. The number of fused-ring (bicyclic) bond motifs is 3. The van der Waals surface area contributed by atoms with Gasteiger partial charge in [-0.2, -0.15) is 0 Å². The Hall–Kier alpha value is -1.99. The minimum absolute atomic E-state index is 0.585. The number of hydrogen-bond donors (Lipinski definition) is 2. The largest absolute Gasteiger partial charge is 0.493 e. The molecule has 144 valence electrons. The molecule has 1 aromatic carbocycles. The van der Waals surface area contributed by atoms with Crippen LogP contribution in [0.5, 0.6) is 11.5 Å². The Morgan fingerprint density at radius 1 is 1.12 bits per heavy atom. The van der Waals surface area contributed by atoms with Gasteiger partial charge in [-0.15, -0.1) is 0 Å². The number of nitrogens with one attached hydrogen (secondary N) is 2. The van der Waals surface area contributed by atoms with Crippen molar-refractivity contribution in [3.8, 4) is 11.5 Å². The van der Waals surface area contributed by atoms with Crippen LogP contribution >= 0.6 is 0 Å². The molecule has 26 heavy (non-hydrogen) atoms. The van der Waals surface area contributed by atoms with E-state index in [1.807, 2.05) is 19.2 Å². The minimum Gasteiger partial charge on any atom is -0.493 e. The average molecular weight is 361 g/mol. The zero-order chi connectivity index (χ0) is 18.4. The highest BCUT2D eigenvalue weighted by molar-refractivity contribution is 5.79. The van der Waals surface area contributed by atoms with E-state index in [4.69, 9.17) is 9.47 Å². The molecule has 0 saturated carbocycles. The van der Waals surface area contributed by atoms with Crippen molar-refractivity contribution in [3.05, 3.63) is 23.8 Å². The summed E-state index contributed by atoms with van der Waals surface area (Å²) in [4.78, 5) is 9.49. The van der Waals surface area contributed by atoms with E-state index in [9.17, 15) is 0 Å². The molecule has 0 amide bonds. The summed E-state index contributed by atoms with van der Waals surface area (Å²) in [7, 11) is 5.14. The molecule has 0 aliphatic carbocycles. The Balaban J connectivity index is 1.43. The molecular formula is C19H31N5O2. The fraction of sp³-hybridized carbons (Fsp3) is 0.632. The molecule has 1 aromatic rings. The summed E-state index contributed by atoms with van der Waals surface area (Å²) in [5.74, 6) is 2.39. The molecule has 7 nitrogen and oxygen atoms in total. The van der Waals surface area contributed by atoms with Gasteiger partial charge in [-0.1, -0.05) is 6.07 Å². The van der Waals surface area contributed by atoms with Crippen LogP contribution in [0.4, 0.5) is 0 Å². The van der Waals surface area contributed by atoms with E-state index in [1.165, 1.54) is 31.7 Å². The third-order valence-corrected chi connectivity index (χ3v) is 5.28. The first-order chi connectivity index (χ1) is 12.7. The lowest BCUT2D eigenvalue weighted by atomic mass is 10.1. The molecule has 0 aromatic heterocycles. The molecule has 1 unspecified atom stereocenters. The molecule has 7 heteroatoms. The maximum atomic E-state index is 5.37. The summed E-state index contributed by atoms with van der Waals surface area (Å²) >= 11 is 0. The van der Waals surface area contributed by atoms with Crippen LogP contribution in [0.15, 0.2) is 23.2 Å². The van der Waals surface area contributed by atoms with E-state index < -0.39 is 0 Å². The lowest BCUT2D eigenvalue weighted by Gasteiger charge is -2.47. The second-order valence-corrected chi connectivity index (χ2v) is 6.81. The molecule has 4 rings (SSSR count).